The summed E-state index contributed by atoms with van der Waals surface area (Å²) in [4.78, 5) is 37.1. The Morgan fingerprint density at radius 3 is 2.89 bits per heavy atom. The number of H-pyrrole nitrogens is 1. The first kappa shape index (κ1) is 18.9. The van der Waals surface area contributed by atoms with Gasteiger partial charge in [0.25, 0.3) is 5.91 Å². The molecule has 4 N–H and O–H groups in total. The molecule has 0 atom stereocenters. The molecule has 4 rings (SSSR count). The van der Waals surface area contributed by atoms with Crippen molar-refractivity contribution in [2.24, 2.45) is 0 Å². The number of imide groups is 1. The van der Waals surface area contributed by atoms with Crippen LogP contribution in [0, 0.1) is 0 Å². The Balaban J connectivity index is 0.00000210. The predicted molar refractivity (Wildman–Crippen MR) is 99.6 cm³/mol. The standard InChI is InChI=1S/C17H18N6O3.ClH/c24-14-8-19-17(26)23(14)9-10-2-1-3-11(6-10)20-16(25)15-12-7-18-5-4-13(12)21-22-15;/h1-3,6,18H,4-5,7-9H2,(H,19,26)(H,20,25)(H,21,22);1H. The number of benzene rings is 1. The lowest BCUT2D eigenvalue weighted by Gasteiger charge is -2.14. The number of hydrogen-bond donors (Lipinski definition) is 4. The number of anilines is 1. The molecule has 0 radical (unpaired) electrons. The van der Waals surface area contributed by atoms with Crippen molar-refractivity contribution in [1.29, 1.82) is 0 Å². The molecular formula is C17H19ClN6O3. The van der Waals surface area contributed by atoms with E-state index < -0.39 is 6.03 Å². The third-order valence-corrected chi connectivity index (χ3v) is 4.48. The molecule has 1 saturated heterocycles. The summed E-state index contributed by atoms with van der Waals surface area (Å²) in [7, 11) is 0. The molecule has 2 aromatic rings. The van der Waals surface area contributed by atoms with E-state index in [-0.39, 0.29) is 37.3 Å². The van der Waals surface area contributed by atoms with Gasteiger partial charge in [0.1, 0.15) is 0 Å². The minimum atomic E-state index is -0.403. The van der Waals surface area contributed by atoms with Crippen LogP contribution in [0.5, 0.6) is 0 Å². The molecular weight excluding hydrogens is 372 g/mol. The Morgan fingerprint density at radius 1 is 1.26 bits per heavy atom. The van der Waals surface area contributed by atoms with Crippen LogP contribution in [0.15, 0.2) is 24.3 Å². The van der Waals surface area contributed by atoms with Gasteiger partial charge >= 0.3 is 6.03 Å². The minimum Gasteiger partial charge on any atom is -0.329 e. The van der Waals surface area contributed by atoms with Gasteiger partial charge in [0.15, 0.2) is 5.69 Å². The molecule has 10 heteroatoms. The maximum atomic E-state index is 12.6. The maximum absolute atomic E-state index is 12.6. The zero-order chi connectivity index (χ0) is 18.1. The van der Waals surface area contributed by atoms with Crippen LogP contribution >= 0.6 is 12.4 Å². The second-order valence-corrected chi connectivity index (χ2v) is 6.25. The van der Waals surface area contributed by atoms with Crippen LogP contribution in [0.1, 0.15) is 27.3 Å². The van der Waals surface area contributed by atoms with Gasteiger partial charge in [-0.3, -0.25) is 19.6 Å². The van der Waals surface area contributed by atoms with Crippen LogP contribution < -0.4 is 16.0 Å². The molecule has 9 nitrogen and oxygen atoms in total. The molecule has 0 bridgehead atoms. The van der Waals surface area contributed by atoms with E-state index in [0.29, 0.717) is 17.9 Å². The van der Waals surface area contributed by atoms with Gasteiger partial charge in [-0.05, 0) is 17.7 Å². The first-order valence-electron chi connectivity index (χ1n) is 8.37. The molecule has 4 amide bonds. The van der Waals surface area contributed by atoms with E-state index in [0.717, 1.165) is 34.7 Å². The van der Waals surface area contributed by atoms with Crippen molar-refractivity contribution >= 4 is 35.9 Å². The second kappa shape index (κ2) is 7.77. The SMILES string of the molecule is Cl.O=C(Nc1cccc(CN2C(=O)CNC2=O)c1)c1n[nH]c2c1CNCC2. The highest BCUT2D eigenvalue weighted by atomic mass is 35.5. The third kappa shape index (κ3) is 3.79. The quantitative estimate of drug-likeness (QED) is 0.575. The van der Waals surface area contributed by atoms with Gasteiger partial charge in [-0.2, -0.15) is 5.10 Å². The van der Waals surface area contributed by atoms with Crippen molar-refractivity contribution in [3.8, 4) is 0 Å². The summed E-state index contributed by atoms with van der Waals surface area (Å²) < 4.78 is 0. The van der Waals surface area contributed by atoms with E-state index in [2.05, 4.69) is 26.1 Å². The lowest BCUT2D eigenvalue weighted by molar-refractivity contribution is -0.125. The second-order valence-electron chi connectivity index (χ2n) is 6.25. The summed E-state index contributed by atoms with van der Waals surface area (Å²) in [5.74, 6) is -0.557. The van der Waals surface area contributed by atoms with Gasteiger partial charge in [-0.1, -0.05) is 12.1 Å². The smallest absolute Gasteiger partial charge is 0.324 e. The summed E-state index contributed by atoms with van der Waals surface area (Å²) in [6.07, 6.45) is 0.816. The zero-order valence-electron chi connectivity index (χ0n) is 14.4. The molecule has 0 unspecified atom stereocenters. The van der Waals surface area contributed by atoms with E-state index >= 15 is 0 Å². The summed E-state index contributed by atoms with van der Waals surface area (Å²) in [6, 6.07) is 6.67. The van der Waals surface area contributed by atoms with Crippen molar-refractivity contribution in [3.63, 3.8) is 0 Å². The van der Waals surface area contributed by atoms with Gasteiger partial charge < -0.3 is 16.0 Å². The van der Waals surface area contributed by atoms with Crippen LogP contribution in [0.3, 0.4) is 0 Å². The average molecular weight is 391 g/mol. The number of rotatable bonds is 4. The monoisotopic (exact) mass is 390 g/mol. The van der Waals surface area contributed by atoms with Crippen LogP contribution in [0.2, 0.25) is 0 Å². The molecule has 0 aliphatic carbocycles. The summed E-state index contributed by atoms with van der Waals surface area (Å²) in [5.41, 5.74) is 3.59. The zero-order valence-corrected chi connectivity index (χ0v) is 15.2. The van der Waals surface area contributed by atoms with Crippen molar-refractivity contribution in [3.05, 3.63) is 46.8 Å². The summed E-state index contributed by atoms with van der Waals surface area (Å²) >= 11 is 0. The van der Waals surface area contributed by atoms with E-state index in [1.165, 1.54) is 0 Å². The number of carbonyl (C=O) groups excluding carboxylic acids is 3. The van der Waals surface area contributed by atoms with Crippen LogP contribution in [0.4, 0.5) is 10.5 Å². The Hall–Kier alpha value is -2.91. The van der Waals surface area contributed by atoms with Crippen molar-refractivity contribution in [1.82, 2.24) is 25.7 Å². The Morgan fingerprint density at radius 2 is 2.11 bits per heavy atom. The lowest BCUT2D eigenvalue weighted by atomic mass is 10.1. The molecule has 27 heavy (non-hydrogen) atoms. The molecule has 0 spiro atoms. The number of carbonyl (C=O) groups is 3. The molecule has 1 aromatic carbocycles. The van der Waals surface area contributed by atoms with E-state index in [1.54, 1.807) is 24.3 Å². The number of aromatic nitrogens is 2. The highest BCUT2D eigenvalue weighted by Gasteiger charge is 2.28. The molecule has 0 saturated carbocycles. The number of halogens is 1. The highest BCUT2D eigenvalue weighted by molar-refractivity contribution is 6.04. The molecule has 142 valence electrons. The van der Waals surface area contributed by atoms with E-state index in [9.17, 15) is 14.4 Å². The first-order valence-corrected chi connectivity index (χ1v) is 8.37. The van der Waals surface area contributed by atoms with E-state index in [4.69, 9.17) is 0 Å². The predicted octanol–water partition coefficient (Wildman–Crippen LogP) is 0.781. The average Bonchev–Trinajstić information content (AvgIpc) is 3.21. The summed E-state index contributed by atoms with van der Waals surface area (Å²) in [6.45, 7) is 1.66. The number of nitrogens with one attached hydrogen (secondary N) is 4. The van der Waals surface area contributed by atoms with Crippen molar-refractivity contribution in [2.75, 3.05) is 18.4 Å². The number of nitrogens with zero attached hydrogens (tertiary/aromatic N) is 2. The lowest BCUT2D eigenvalue weighted by Crippen LogP contribution is -2.30. The normalized spacial score (nSPS) is 15.8. The fourth-order valence-corrected chi connectivity index (χ4v) is 3.15. The van der Waals surface area contributed by atoms with Crippen LogP contribution in [-0.2, 0) is 24.3 Å². The summed E-state index contributed by atoms with van der Waals surface area (Å²) in [5, 5.41) is 15.6. The van der Waals surface area contributed by atoms with Crippen molar-refractivity contribution in [2.45, 2.75) is 19.5 Å². The molecule has 1 aromatic heterocycles. The molecule has 3 heterocycles. The third-order valence-electron chi connectivity index (χ3n) is 4.48. The fourth-order valence-electron chi connectivity index (χ4n) is 3.15. The van der Waals surface area contributed by atoms with Gasteiger partial charge in [0.2, 0.25) is 5.91 Å². The van der Waals surface area contributed by atoms with Gasteiger partial charge in [-0.15, -0.1) is 12.4 Å². The fraction of sp³-hybridized carbons (Fsp3) is 0.294. The van der Waals surface area contributed by atoms with Gasteiger partial charge in [0, 0.05) is 36.5 Å². The number of aromatic amines is 1. The Labute approximate surface area is 161 Å². The van der Waals surface area contributed by atoms with Gasteiger partial charge in [-0.25, -0.2) is 4.79 Å². The van der Waals surface area contributed by atoms with E-state index in [1.807, 2.05) is 0 Å². The minimum absolute atomic E-state index is 0. The molecule has 1 fully saturated rings. The largest absolute Gasteiger partial charge is 0.329 e. The van der Waals surface area contributed by atoms with Crippen LogP contribution in [-0.4, -0.2) is 46.0 Å². The first-order chi connectivity index (χ1) is 12.6. The Kier molecular flexibility index (Phi) is 5.43. The Bertz CT molecular complexity index is 881. The number of urea groups is 1. The number of hydrogen-bond acceptors (Lipinski definition) is 5. The molecule has 2 aliphatic heterocycles. The molecule has 2 aliphatic rings. The highest BCUT2D eigenvalue weighted by Crippen LogP contribution is 2.18. The van der Waals surface area contributed by atoms with Crippen molar-refractivity contribution < 1.29 is 14.4 Å². The van der Waals surface area contributed by atoms with Gasteiger partial charge in [0.05, 0.1) is 13.1 Å². The number of amides is 4. The number of fused-ring (bicyclic) bond motifs is 1. The van der Waals surface area contributed by atoms with Crippen LogP contribution in [0.25, 0.3) is 0 Å². The topological polar surface area (TPSA) is 119 Å². The maximum Gasteiger partial charge on any atom is 0.324 e.